The molecular formula is C25H27N3O5S2. The first-order chi connectivity index (χ1) is 16.8. The van der Waals surface area contributed by atoms with Gasteiger partial charge in [0, 0.05) is 29.4 Å². The molecule has 1 aliphatic rings. The van der Waals surface area contributed by atoms with E-state index in [9.17, 15) is 13.2 Å². The molecule has 2 aromatic carbocycles. The number of sulfonamides is 1. The van der Waals surface area contributed by atoms with Gasteiger partial charge < -0.3 is 14.8 Å². The van der Waals surface area contributed by atoms with Crippen molar-refractivity contribution < 1.29 is 22.7 Å². The molecule has 0 bridgehead atoms. The summed E-state index contributed by atoms with van der Waals surface area (Å²) in [5, 5.41) is 2.79. The summed E-state index contributed by atoms with van der Waals surface area (Å²) >= 11 is 1.35. The normalized spacial score (nSPS) is 15.3. The zero-order valence-electron chi connectivity index (χ0n) is 19.7. The molecular weight excluding hydrogens is 486 g/mol. The number of carbonyl (C=O) groups excluding carboxylic acids is 1. The standard InChI is InChI=1S/C25H27N3O5S2/c1-17-8-9-18-6-4-5-7-21(18)28(17)35(30,31)24-14-20(22(32-2)15-23(24)33-3)27-25(29)16-34-19-10-12-26-13-11-19/h4-7,10-15,17H,8-9,16H2,1-3H3,(H,27,29)/t17-/m1/s1. The van der Waals surface area contributed by atoms with Gasteiger partial charge in [0.05, 0.1) is 31.3 Å². The number of ether oxygens (including phenoxy) is 2. The molecule has 35 heavy (non-hydrogen) atoms. The zero-order chi connectivity index (χ0) is 25.0. The quantitative estimate of drug-likeness (QED) is 0.447. The lowest BCUT2D eigenvalue weighted by Crippen LogP contribution is -2.42. The van der Waals surface area contributed by atoms with Gasteiger partial charge in [0.25, 0.3) is 10.0 Å². The smallest absolute Gasteiger partial charge is 0.268 e. The van der Waals surface area contributed by atoms with Crippen LogP contribution in [0.25, 0.3) is 0 Å². The Morgan fingerprint density at radius 1 is 1.11 bits per heavy atom. The number of methoxy groups -OCH3 is 2. The molecule has 1 aromatic heterocycles. The predicted octanol–water partition coefficient (Wildman–Crippen LogP) is 4.36. The van der Waals surface area contributed by atoms with Crippen molar-refractivity contribution in [1.82, 2.24) is 4.98 Å². The number of thioether (sulfide) groups is 1. The summed E-state index contributed by atoms with van der Waals surface area (Å²) in [6.07, 6.45) is 4.82. The molecule has 0 saturated carbocycles. The van der Waals surface area contributed by atoms with E-state index in [-0.39, 0.29) is 34.0 Å². The van der Waals surface area contributed by atoms with E-state index in [1.165, 1.54) is 42.4 Å². The highest BCUT2D eigenvalue weighted by atomic mass is 32.2. The molecule has 10 heteroatoms. The van der Waals surface area contributed by atoms with Crippen molar-refractivity contribution in [2.75, 3.05) is 29.6 Å². The van der Waals surface area contributed by atoms with Gasteiger partial charge in [0.2, 0.25) is 5.91 Å². The molecule has 0 radical (unpaired) electrons. The first-order valence-corrected chi connectivity index (χ1v) is 13.5. The number of amides is 1. The van der Waals surface area contributed by atoms with E-state index in [4.69, 9.17) is 9.47 Å². The number of pyridine rings is 1. The lowest BCUT2D eigenvalue weighted by atomic mass is 9.99. The largest absolute Gasteiger partial charge is 0.495 e. The van der Waals surface area contributed by atoms with E-state index in [1.54, 1.807) is 12.4 Å². The molecule has 0 unspecified atom stereocenters. The Bertz CT molecular complexity index is 1320. The number of nitrogens with one attached hydrogen (secondary N) is 1. The summed E-state index contributed by atoms with van der Waals surface area (Å²) in [6.45, 7) is 1.89. The maximum Gasteiger partial charge on any atom is 0.268 e. The van der Waals surface area contributed by atoms with Crippen molar-refractivity contribution in [3.05, 3.63) is 66.5 Å². The van der Waals surface area contributed by atoms with Crippen molar-refractivity contribution in [3.63, 3.8) is 0 Å². The number of fused-ring (bicyclic) bond motifs is 1. The van der Waals surface area contributed by atoms with Gasteiger partial charge in [-0.15, -0.1) is 11.8 Å². The number of nitrogens with zero attached hydrogens (tertiary/aromatic N) is 2. The number of aryl methyl sites for hydroxylation is 1. The Morgan fingerprint density at radius 3 is 2.54 bits per heavy atom. The molecule has 1 N–H and O–H groups in total. The van der Waals surface area contributed by atoms with E-state index in [2.05, 4.69) is 10.3 Å². The van der Waals surface area contributed by atoms with Gasteiger partial charge in [-0.05, 0) is 49.6 Å². The predicted molar refractivity (Wildman–Crippen MR) is 137 cm³/mol. The topological polar surface area (TPSA) is 97.8 Å². The highest BCUT2D eigenvalue weighted by Crippen LogP contribution is 2.41. The molecule has 1 atom stereocenters. The number of hydrogen-bond acceptors (Lipinski definition) is 7. The van der Waals surface area contributed by atoms with Crippen LogP contribution in [0.1, 0.15) is 18.9 Å². The van der Waals surface area contributed by atoms with Crippen molar-refractivity contribution in [3.8, 4) is 11.5 Å². The second-order valence-corrected chi connectivity index (χ2v) is 10.9. The molecule has 0 saturated heterocycles. The molecule has 2 heterocycles. The van der Waals surface area contributed by atoms with E-state index in [1.807, 2.05) is 43.3 Å². The SMILES string of the molecule is COc1cc(OC)c(S(=O)(=O)N2c3ccccc3CC[C@H]2C)cc1NC(=O)CSc1ccncc1. The fraction of sp³-hybridized carbons (Fsp3) is 0.280. The van der Waals surface area contributed by atoms with Gasteiger partial charge in [0.1, 0.15) is 16.4 Å². The highest BCUT2D eigenvalue weighted by Gasteiger charge is 2.36. The van der Waals surface area contributed by atoms with Crippen LogP contribution in [0.4, 0.5) is 11.4 Å². The molecule has 3 aromatic rings. The molecule has 0 fully saturated rings. The van der Waals surface area contributed by atoms with Gasteiger partial charge in [-0.3, -0.25) is 14.1 Å². The third-order valence-electron chi connectivity index (χ3n) is 5.78. The van der Waals surface area contributed by atoms with Crippen LogP contribution in [0.15, 0.2) is 70.7 Å². The lowest BCUT2D eigenvalue weighted by molar-refractivity contribution is -0.113. The second-order valence-electron chi connectivity index (χ2n) is 8.04. The molecule has 8 nitrogen and oxygen atoms in total. The Hall–Kier alpha value is -3.24. The molecule has 0 spiro atoms. The summed E-state index contributed by atoms with van der Waals surface area (Å²) in [5.41, 5.74) is 1.89. The molecule has 0 aliphatic carbocycles. The second kappa shape index (κ2) is 10.6. The number of carbonyl (C=O) groups is 1. The van der Waals surface area contributed by atoms with Crippen LogP contribution in [-0.2, 0) is 21.2 Å². The fourth-order valence-corrected chi connectivity index (χ4v) is 6.64. The summed E-state index contributed by atoms with van der Waals surface area (Å²) in [4.78, 5) is 17.5. The Labute approximate surface area is 209 Å². The molecule has 1 aliphatic heterocycles. The third-order valence-corrected chi connectivity index (χ3v) is 8.74. The van der Waals surface area contributed by atoms with Gasteiger partial charge in [-0.2, -0.15) is 0 Å². The first-order valence-electron chi connectivity index (χ1n) is 11.1. The maximum atomic E-state index is 14.0. The first kappa shape index (κ1) is 24.9. The minimum atomic E-state index is -4.02. The Balaban J connectivity index is 1.68. The van der Waals surface area contributed by atoms with Gasteiger partial charge >= 0.3 is 0 Å². The van der Waals surface area contributed by atoms with E-state index in [0.29, 0.717) is 17.9 Å². The van der Waals surface area contributed by atoms with Crippen LogP contribution in [0.3, 0.4) is 0 Å². The average Bonchev–Trinajstić information content (AvgIpc) is 2.87. The Morgan fingerprint density at radius 2 is 1.83 bits per heavy atom. The van der Waals surface area contributed by atoms with Crippen LogP contribution in [0, 0.1) is 0 Å². The summed E-state index contributed by atoms with van der Waals surface area (Å²) < 4.78 is 40.3. The van der Waals surface area contributed by atoms with Crippen LogP contribution < -0.4 is 19.1 Å². The molecule has 4 rings (SSSR count). The number of benzene rings is 2. The monoisotopic (exact) mass is 513 g/mol. The van der Waals surface area contributed by atoms with Crippen LogP contribution in [0.5, 0.6) is 11.5 Å². The highest BCUT2D eigenvalue weighted by molar-refractivity contribution is 8.00. The maximum absolute atomic E-state index is 14.0. The number of aromatic nitrogens is 1. The number of para-hydroxylation sites is 1. The van der Waals surface area contributed by atoms with Crippen LogP contribution in [-0.4, -0.2) is 45.3 Å². The minimum Gasteiger partial charge on any atom is -0.495 e. The van der Waals surface area contributed by atoms with Crippen molar-refractivity contribution in [1.29, 1.82) is 0 Å². The van der Waals surface area contributed by atoms with Gasteiger partial charge in [0.15, 0.2) is 0 Å². The summed E-state index contributed by atoms with van der Waals surface area (Å²) in [7, 11) is -1.16. The van der Waals surface area contributed by atoms with E-state index >= 15 is 0 Å². The summed E-state index contributed by atoms with van der Waals surface area (Å²) in [6, 6.07) is 13.8. The van der Waals surface area contributed by atoms with Crippen molar-refractivity contribution >= 4 is 39.1 Å². The number of anilines is 2. The minimum absolute atomic E-state index is 0.0403. The number of rotatable bonds is 8. The fourth-order valence-electron chi connectivity index (χ4n) is 4.07. The van der Waals surface area contributed by atoms with Gasteiger partial charge in [-0.1, -0.05) is 18.2 Å². The molecule has 184 valence electrons. The van der Waals surface area contributed by atoms with Crippen LogP contribution >= 0.6 is 11.8 Å². The van der Waals surface area contributed by atoms with Crippen LogP contribution in [0.2, 0.25) is 0 Å². The van der Waals surface area contributed by atoms with Crippen molar-refractivity contribution in [2.45, 2.75) is 35.6 Å². The van der Waals surface area contributed by atoms with Gasteiger partial charge in [-0.25, -0.2) is 8.42 Å². The third kappa shape index (κ3) is 5.23. The average molecular weight is 514 g/mol. The Kier molecular flexibility index (Phi) is 7.51. The molecule has 1 amide bonds. The summed E-state index contributed by atoms with van der Waals surface area (Å²) in [5.74, 6) is 0.282. The lowest BCUT2D eigenvalue weighted by Gasteiger charge is -2.36. The van der Waals surface area contributed by atoms with Crippen molar-refractivity contribution in [2.24, 2.45) is 0 Å². The van der Waals surface area contributed by atoms with E-state index in [0.717, 1.165) is 16.9 Å². The van der Waals surface area contributed by atoms with E-state index < -0.39 is 10.0 Å². The number of hydrogen-bond donors (Lipinski definition) is 1. The zero-order valence-corrected chi connectivity index (χ0v) is 21.4.